The summed E-state index contributed by atoms with van der Waals surface area (Å²) in [5.41, 5.74) is 6.27. The van der Waals surface area contributed by atoms with Crippen LogP contribution in [0.3, 0.4) is 0 Å². The Morgan fingerprint density at radius 1 is 1.37 bits per heavy atom. The molecule has 1 aromatic carbocycles. The van der Waals surface area contributed by atoms with Crippen LogP contribution in [0.25, 0.3) is 0 Å². The van der Waals surface area contributed by atoms with Crippen LogP contribution in [0.1, 0.15) is 32.6 Å². The van der Waals surface area contributed by atoms with Gasteiger partial charge in [0.1, 0.15) is 5.75 Å². The normalized spacial score (nSPS) is 22.8. The summed E-state index contributed by atoms with van der Waals surface area (Å²) in [6.07, 6.45) is 4.63. The van der Waals surface area contributed by atoms with Gasteiger partial charge in [-0.05, 0) is 43.0 Å². The number of amides is 1. The molecule has 0 radical (unpaired) electrons. The lowest BCUT2D eigenvalue weighted by atomic mass is 9.87. The van der Waals surface area contributed by atoms with Gasteiger partial charge in [0.2, 0.25) is 0 Å². The van der Waals surface area contributed by atoms with E-state index >= 15 is 0 Å². The van der Waals surface area contributed by atoms with Gasteiger partial charge in [-0.15, -0.1) is 0 Å². The molecule has 0 aliphatic heterocycles. The number of benzene rings is 1. The molecule has 0 unspecified atom stereocenters. The van der Waals surface area contributed by atoms with Crippen molar-refractivity contribution in [2.45, 2.75) is 38.6 Å². The minimum atomic E-state index is -0.0454. The van der Waals surface area contributed by atoms with Crippen LogP contribution >= 0.6 is 0 Å². The first-order valence-electron chi connectivity index (χ1n) is 6.91. The Balaban J connectivity index is 1.73. The number of carbonyl (C=O) groups excluding carboxylic acids is 1. The lowest BCUT2D eigenvalue weighted by Gasteiger charge is -2.27. The summed E-state index contributed by atoms with van der Waals surface area (Å²) in [6.45, 7) is 2.30. The van der Waals surface area contributed by atoms with E-state index in [-0.39, 0.29) is 12.5 Å². The number of hydrogen-bond acceptors (Lipinski definition) is 3. The van der Waals surface area contributed by atoms with E-state index in [4.69, 9.17) is 10.5 Å². The third kappa shape index (κ3) is 4.47. The average molecular weight is 262 g/mol. The standard InChI is InChI=1S/C15H22N2O2/c1-11-3-2-4-13(9-11)17-15(18)10-19-14-7-5-12(16)6-8-14/h5-8,11,13H,2-4,9-10,16H2,1H3,(H,17,18)/t11-,13-/m1/s1. The van der Waals surface area contributed by atoms with Gasteiger partial charge in [-0.25, -0.2) is 0 Å². The number of rotatable bonds is 4. The molecule has 0 aromatic heterocycles. The smallest absolute Gasteiger partial charge is 0.258 e. The first-order valence-corrected chi connectivity index (χ1v) is 6.91. The fourth-order valence-electron chi connectivity index (χ4n) is 2.55. The van der Waals surface area contributed by atoms with Gasteiger partial charge in [-0.3, -0.25) is 4.79 Å². The van der Waals surface area contributed by atoms with Crippen molar-refractivity contribution in [1.29, 1.82) is 0 Å². The fourth-order valence-corrected chi connectivity index (χ4v) is 2.55. The summed E-state index contributed by atoms with van der Waals surface area (Å²) >= 11 is 0. The fraction of sp³-hybridized carbons (Fsp3) is 0.533. The van der Waals surface area contributed by atoms with Gasteiger partial charge >= 0.3 is 0 Å². The van der Waals surface area contributed by atoms with Crippen molar-refractivity contribution in [1.82, 2.24) is 5.32 Å². The van der Waals surface area contributed by atoms with Gasteiger partial charge in [-0.2, -0.15) is 0 Å². The van der Waals surface area contributed by atoms with E-state index in [1.165, 1.54) is 12.8 Å². The molecule has 1 fully saturated rings. The average Bonchev–Trinajstić information content (AvgIpc) is 2.38. The molecular weight excluding hydrogens is 240 g/mol. The maximum Gasteiger partial charge on any atom is 0.258 e. The van der Waals surface area contributed by atoms with Gasteiger partial charge < -0.3 is 15.8 Å². The van der Waals surface area contributed by atoms with Crippen molar-refractivity contribution >= 4 is 11.6 Å². The topological polar surface area (TPSA) is 64.3 Å². The van der Waals surface area contributed by atoms with Crippen LogP contribution in [0.2, 0.25) is 0 Å². The summed E-state index contributed by atoms with van der Waals surface area (Å²) in [6, 6.07) is 7.37. The van der Waals surface area contributed by atoms with Crippen LogP contribution in [0.5, 0.6) is 5.75 Å². The van der Waals surface area contributed by atoms with E-state index in [0.29, 0.717) is 23.4 Å². The van der Waals surface area contributed by atoms with E-state index in [1.807, 2.05) is 0 Å². The molecule has 1 aliphatic carbocycles. The van der Waals surface area contributed by atoms with Crippen molar-refractivity contribution in [2.24, 2.45) is 5.92 Å². The molecule has 1 aromatic rings. The summed E-state index contributed by atoms with van der Waals surface area (Å²) in [5, 5.41) is 3.04. The third-order valence-corrected chi connectivity index (χ3v) is 3.55. The predicted octanol–water partition coefficient (Wildman–Crippen LogP) is 2.34. The molecule has 3 N–H and O–H groups in total. The maximum atomic E-state index is 11.8. The second kappa shape index (κ2) is 6.45. The second-order valence-electron chi connectivity index (χ2n) is 5.39. The van der Waals surface area contributed by atoms with E-state index in [2.05, 4.69) is 12.2 Å². The Morgan fingerprint density at radius 2 is 2.11 bits per heavy atom. The number of nitrogens with two attached hydrogens (primary N) is 1. The molecular formula is C15H22N2O2. The van der Waals surface area contributed by atoms with Crippen molar-refractivity contribution in [3.63, 3.8) is 0 Å². The maximum absolute atomic E-state index is 11.8. The molecule has 1 amide bonds. The Bertz CT molecular complexity index is 417. The molecule has 2 atom stereocenters. The molecule has 4 heteroatoms. The highest BCUT2D eigenvalue weighted by molar-refractivity contribution is 5.77. The van der Waals surface area contributed by atoms with Crippen molar-refractivity contribution in [2.75, 3.05) is 12.3 Å². The number of carbonyl (C=O) groups is 1. The third-order valence-electron chi connectivity index (χ3n) is 3.55. The highest BCUT2D eigenvalue weighted by atomic mass is 16.5. The molecule has 0 saturated heterocycles. The molecule has 0 spiro atoms. The minimum absolute atomic E-state index is 0.0454. The largest absolute Gasteiger partial charge is 0.484 e. The van der Waals surface area contributed by atoms with Crippen molar-refractivity contribution in [3.8, 4) is 5.75 Å². The van der Waals surface area contributed by atoms with E-state index in [9.17, 15) is 4.79 Å². The zero-order valence-corrected chi connectivity index (χ0v) is 11.4. The first kappa shape index (κ1) is 13.7. The Hall–Kier alpha value is -1.71. The molecule has 1 saturated carbocycles. The Labute approximate surface area is 114 Å². The quantitative estimate of drug-likeness (QED) is 0.819. The van der Waals surface area contributed by atoms with E-state index in [0.717, 1.165) is 12.8 Å². The van der Waals surface area contributed by atoms with Gasteiger partial charge in [0.15, 0.2) is 6.61 Å². The Morgan fingerprint density at radius 3 is 2.79 bits per heavy atom. The molecule has 19 heavy (non-hydrogen) atoms. The molecule has 0 heterocycles. The monoisotopic (exact) mass is 262 g/mol. The van der Waals surface area contributed by atoms with Crippen molar-refractivity contribution in [3.05, 3.63) is 24.3 Å². The van der Waals surface area contributed by atoms with E-state index in [1.54, 1.807) is 24.3 Å². The first-order chi connectivity index (χ1) is 9.13. The minimum Gasteiger partial charge on any atom is -0.484 e. The highest BCUT2D eigenvalue weighted by Gasteiger charge is 2.20. The van der Waals surface area contributed by atoms with Crippen molar-refractivity contribution < 1.29 is 9.53 Å². The van der Waals surface area contributed by atoms with Crippen LogP contribution in [0, 0.1) is 5.92 Å². The summed E-state index contributed by atoms with van der Waals surface area (Å²) < 4.78 is 5.42. The Kier molecular flexibility index (Phi) is 4.66. The summed E-state index contributed by atoms with van der Waals surface area (Å²) in [5.74, 6) is 1.33. The second-order valence-corrected chi connectivity index (χ2v) is 5.39. The molecule has 2 rings (SSSR count). The van der Waals surface area contributed by atoms with Gasteiger partial charge in [0.25, 0.3) is 5.91 Å². The molecule has 1 aliphatic rings. The SMILES string of the molecule is C[C@@H]1CCC[C@@H](NC(=O)COc2ccc(N)cc2)C1. The van der Waals surface area contributed by atoms with Gasteiger partial charge in [0, 0.05) is 11.7 Å². The highest BCUT2D eigenvalue weighted by Crippen LogP contribution is 2.23. The van der Waals surface area contributed by atoms with Crippen LogP contribution in [0.15, 0.2) is 24.3 Å². The van der Waals surface area contributed by atoms with E-state index < -0.39 is 0 Å². The summed E-state index contributed by atoms with van der Waals surface area (Å²) in [7, 11) is 0. The van der Waals surface area contributed by atoms with Crippen LogP contribution < -0.4 is 15.8 Å². The van der Waals surface area contributed by atoms with Crippen LogP contribution in [-0.4, -0.2) is 18.6 Å². The molecule has 4 nitrogen and oxygen atoms in total. The lowest BCUT2D eigenvalue weighted by Crippen LogP contribution is -2.40. The lowest BCUT2D eigenvalue weighted by molar-refractivity contribution is -0.124. The number of nitrogens with one attached hydrogen (secondary N) is 1. The van der Waals surface area contributed by atoms with Crippen LogP contribution in [0.4, 0.5) is 5.69 Å². The summed E-state index contributed by atoms with van der Waals surface area (Å²) in [4.78, 5) is 11.8. The van der Waals surface area contributed by atoms with Gasteiger partial charge in [0.05, 0.1) is 0 Å². The van der Waals surface area contributed by atoms with Gasteiger partial charge in [-0.1, -0.05) is 19.8 Å². The number of hydrogen-bond donors (Lipinski definition) is 2. The molecule has 104 valence electrons. The predicted molar refractivity (Wildman–Crippen MR) is 75.9 cm³/mol. The zero-order valence-electron chi connectivity index (χ0n) is 11.4. The number of anilines is 1. The number of ether oxygens (including phenoxy) is 1. The number of nitrogen functional groups attached to an aromatic ring is 1. The molecule has 0 bridgehead atoms. The zero-order chi connectivity index (χ0) is 13.7. The van der Waals surface area contributed by atoms with Crippen LogP contribution in [-0.2, 0) is 4.79 Å².